The van der Waals surface area contributed by atoms with Gasteiger partial charge in [0.05, 0.1) is 11.1 Å². The number of aromatic nitrogens is 3. The van der Waals surface area contributed by atoms with Crippen LogP contribution in [0, 0.1) is 0 Å². The molecule has 0 aliphatic carbocycles. The lowest BCUT2D eigenvalue weighted by atomic mass is 10.2. The minimum Gasteiger partial charge on any atom is -0.478 e. The van der Waals surface area contributed by atoms with Gasteiger partial charge in [0.15, 0.2) is 5.58 Å². The summed E-state index contributed by atoms with van der Waals surface area (Å²) >= 11 is 0. The van der Waals surface area contributed by atoms with E-state index >= 15 is 0 Å². The fourth-order valence-corrected chi connectivity index (χ4v) is 2.83. The first-order chi connectivity index (χ1) is 14.0. The van der Waals surface area contributed by atoms with Crippen molar-refractivity contribution in [3.8, 4) is 0 Å². The zero-order chi connectivity index (χ0) is 20.4. The molecule has 9 heteroatoms. The summed E-state index contributed by atoms with van der Waals surface area (Å²) in [5.41, 5.74) is 3.59. The highest BCUT2D eigenvalue weighted by atomic mass is 16.4. The number of aromatic carboxylic acids is 1. The molecule has 0 bridgehead atoms. The lowest BCUT2D eigenvalue weighted by molar-refractivity contribution is 0.0697. The molecule has 29 heavy (non-hydrogen) atoms. The molecule has 0 unspecified atom stereocenters. The van der Waals surface area contributed by atoms with Crippen LogP contribution in [0.1, 0.15) is 22.8 Å². The highest BCUT2D eigenvalue weighted by Gasteiger charge is 2.09. The topological polar surface area (TPSA) is 133 Å². The Morgan fingerprint density at radius 3 is 2.62 bits per heavy atom. The Balaban J connectivity index is 1.60. The first kappa shape index (κ1) is 18.2. The summed E-state index contributed by atoms with van der Waals surface area (Å²) in [6.45, 7) is 2.00. The Labute approximate surface area is 164 Å². The van der Waals surface area contributed by atoms with Crippen LogP contribution >= 0.6 is 0 Å². The van der Waals surface area contributed by atoms with E-state index in [1.165, 1.54) is 12.1 Å². The van der Waals surface area contributed by atoms with Crippen LogP contribution in [0.2, 0.25) is 0 Å². The zero-order valence-electron chi connectivity index (χ0n) is 15.4. The lowest BCUT2D eigenvalue weighted by Crippen LogP contribution is -2.04. The molecule has 0 aliphatic rings. The molecule has 0 fully saturated rings. The van der Waals surface area contributed by atoms with E-state index < -0.39 is 11.7 Å². The van der Waals surface area contributed by atoms with Crippen molar-refractivity contribution in [2.45, 2.75) is 13.3 Å². The van der Waals surface area contributed by atoms with Crippen LogP contribution in [-0.2, 0) is 6.42 Å². The molecule has 4 aromatic rings. The summed E-state index contributed by atoms with van der Waals surface area (Å²) in [5, 5.41) is 15.3. The van der Waals surface area contributed by atoms with Crippen molar-refractivity contribution < 1.29 is 14.3 Å². The van der Waals surface area contributed by atoms with E-state index in [2.05, 4.69) is 25.6 Å². The Hall–Kier alpha value is -4.14. The van der Waals surface area contributed by atoms with Gasteiger partial charge in [0, 0.05) is 23.1 Å². The predicted molar refractivity (Wildman–Crippen MR) is 108 cm³/mol. The van der Waals surface area contributed by atoms with Crippen molar-refractivity contribution in [1.29, 1.82) is 0 Å². The molecule has 4 N–H and O–H groups in total. The van der Waals surface area contributed by atoms with Crippen molar-refractivity contribution in [2.75, 3.05) is 10.6 Å². The molecule has 2 aromatic carbocycles. The molecule has 0 spiro atoms. The highest BCUT2D eigenvalue weighted by Crippen LogP contribution is 2.24. The van der Waals surface area contributed by atoms with Gasteiger partial charge >= 0.3 is 11.7 Å². The fraction of sp³-hybridized carbons (Fsp3) is 0.100. The summed E-state index contributed by atoms with van der Waals surface area (Å²) in [5.74, 6) is -0.501. The van der Waals surface area contributed by atoms with Gasteiger partial charge in [-0.15, -0.1) is 0 Å². The second kappa shape index (κ2) is 7.47. The average Bonchev–Trinajstić information content (AvgIpc) is 3.08. The second-order valence-electron chi connectivity index (χ2n) is 6.28. The van der Waals surface area contributed by atoms with Crippen LogP contribution < -0.4 is 16.4 Å². The first-order valence-corrected chi connectivity index (χ1v) is 8.88. The third kappa shape index (κ3) is 3.93. The highest BCUT2D eigenvalue weighted by molar-refractivity contribution is 5.88. The molecule has 0 atom stereocenters. The van der Waals surface area contributed by atoms with Crippen LogP contribution in [0.5, 0.6) is 0 Å². The number of carboxylic acid groups (broad SMARTS) is 1. The van der Waals surface area contributed by atoms with Crippen LogP contribution in [0.25, 0.3) is 11.1 Å². The molecule has 146 valence electrons. The van der Waals surface area contributed by atoms with E-state index in [9.17, 15) is 9.59 Å². The number of hydrogen-bond acceptors (Lipinski definition) is 7. The standard InChI is InChI=1S/C20H17N5O4/c1-2-11-10-21-19(23-13-5-3-12(4-6-13)18(26)27)25-17(11)22-14-7-8-16-15(9-14)24-20(28)29-16/h3-10H,2H2,1H3,(H,24,28)(H,26,27)(H2,21,22,23,25). The van der Waals surface area contributed by atoms with Crippen LogP contribution in [0.3, 0.4) is 0 Å². The van der Waals surface area contributed by atoms with Crippen molar-refractivity contribution in [1.82, 2.24) is 15.0 Å². The number of nitrogens with zero attached hydrogens (tertiary/aromatic N) is 2. The van der Waals surface area contributed by atoms with Crippen molar-refractivity contribution in [2.24, 2.45) is 0 Å². The number of oxazole rings is 1. The molecule has 0 aliphatic heterocycles. The average molecular weight is 391 g/mol. The minimum atomic E-state index is -0.984. The third-order valence-electron chi connectivity index (χ3n) is 4.32. The number of aromatic amines is 1. The number of fused-ring (bicyclic) bond motifs is 1. The van der Waals surface area contributed by atoms with Crippen molar-refractivity contribution in [3.05, 3.63) is 70.3 Å². The Morgan fingerprint density at radius 1 is 1.14 bits per heavy atom. The number of aryl methyl sites for hydroxylation is 1. The molecular formula is C20H17N5O4. The summed E-state index contributed by atoms with van der Waals surface area (Å²) in [6, 6.07) is 11.6. The molecule has 0 radical (unpaired) electrons. The number of hydrogen-bond donors (Lipinski definition) is 4. The number of carbonyl (C=O) groups is 1. The third-order valence-corrected chi connectivity index (χ3v) is 4.32. The number of anilines is 4. The van der Waals surface area contributed by atoms with E-state index in [4.69, 9.17) is 9.52 Å². The fourth-order valence-electron chi connectivity index (χ4n) is 2.83. The van der Waals surface area contributed by atoms with Gasteiger partial charge in [0.1, 0.15) is 5.82 Å². The second-order valence-corrected chi connectivity index (χ2v) is 6.28. The van der Waals surface area contributed by atoms with Gasteiger partial charge in [-0.2, -0.15) is 4.98 Å². The molecular weight excluding hydrogens is 374 g/mol. The maximum atomic E-state index is 11.3. The normalized spacial score (nSPS) is 10.8. The minimum absolute atomic E-state index is 0.202. The molecule has 0 saturated carbocycles. The van der Waals surface area contributed by atoms with E-state index in [0.29, 0.717) is 28.6 Å². The van der Waals surface area contributed by atoms with E-state index in [0.717, 1.165) is 17.7 Å². The predicted octanol–water partition coefficient (Wildman–Crippen LogP) is 3.66. The van der Waals surface area contributed by atoms with Crippen molar-refractivity contribution >= 4 is 40.2 Å². The first-order valence-electron chi connectivity index (χ1n) is 8.88. The number of rotatable bonds is 6. The largest absolute Gasteiger partial charge is 0.478 e. The molecule has 2 aromatic heterocycles. The van der Waals surface area contributed by atoms with Gasteiger partial charge in [-0.1, -0.05) is 6.92 Å². The Morgan fingerprint density at radius 2 is 1.90 bits per heavy atom. The molecule has 2 heterocycles. The maximum absolute atomic E-state index is 11.3. The van der Waals surface area contributed by atoms with Crippen LogP contribution in [0.15, 0.2) is 57.9 Å². The summed E-state index contributed by atoms with van der Waals surface area (Å²) in [4.78, 5) is 33.8. The monoisotopic (exact) mass is 391 g/mol. The van der Waals surface area contributed by atoms with E-state index in [1.807, 2.05) is 6.92 Å². The maximum Gasteiger partial charge on any atom is 0.417 e. The molecule has 0 saturated heterocycles. The zero-order valence-corrected chi connectivity index (χ0v) is 15.4. The molecule has 9 nitrogen and oxygen atoms in total. The number of nitrogens with one attached hydrogen (secondary N) is 3. The van der Waals surface area contributed by atoms with Crippen LogP contribution in [0.4, 0.5) is 23.1 Å². The van der Waals surface area contributed by atoms with E-state index in [1.54, 1.807) is 36.5 Å². The number of H-pyrrole nitrogens is 1. The lowest BCUT2D eigenvalue weighted by Gasteiger charge is -2.12. The Kier molecular flexibility index (Phi) is 4.70. The number of benzene rings is 2. The van der Waals surface area contributed by atoms with Gasteiger partial charge in [0.2, 0.25) is 5.95 Å². The SMILES string of the molecule is CCc1cnc(Nc2ccc(C(=O)O)cc2)nc1Nc1ccc2oc(=O)[nH]c2c1. The summed E-state index contributed by atoms with van der Waals surface area (Å²) < 4.78 is 5.02. The smallest absolute Gasteiger partial charge is 0.417 e. The quantitative estimate of drug-likeness (QED) is 0.391. The van der Waals surface area contributed by atoms with Gasteiger partial charge in [-0.3, -0.25) is 4.98 Å². The van der Waals surface area contributed by atoms with Gasteiger partial charge in [-0.05, 0) is 48.9 Å². The van der Waals surface area contributed by atoms with Crippen molar-refractivity contribution in [3.63, 3.8) is 0 Å². The summed E-state index contributed by atoms with van der Waals surface area (Å²) in [6.07, 6.45) is 2.45. The number of carboxylic acids is 1. The summed E-state index contributed by atoms with van der Waals surface area (Å²) in [7, 11) is 0. The van der Waals surface area contributed by atoms with E-state index in [-0.39, 0.29) is 5.56 Å². The molecule has 4 rings (SSSR count). The Bertz CT molecular complexity index is 1240. The van der Waals surface area contributed by atoms with Gasteiger partial charge in [-0.25, -0.2) is 14.6 Å². The van der Waals surface area contributed by atoms with Gasteiger partial charge < -0.3 is 20.2 Å². The van der Waals surface area contributed by atoms with Gasteiger partial charge in [0.25, 0.3) is 0 Å². The molecule has 0 amide bonds. The van der Waals surface area contributed by atoms with Crippen LogP contribution in [-0.4, -0.2) is 26.0 Å².